The molecule has 0 aliphatic rings. The summed E-state index contributed by atoms with van der Waals surface area (Å²) in [6, 6.07) is 9.40. The molecule has 0 unspecified atom stereocenters. The van der Waals surface area contributed by atoms with Crippen LogP contribution < -0.4 is 10.5 Å². The predicted octanol–water partition coefficient (Wildman–Crippen LogP) is 4.26. The van der Waals surface area contributed by atoms with Gasteiger partial charge in [-0.05, 0) is 23.8 Å². The predicted molar refractivity (Wildman–Crippen MR) is 80.2 cm³/mol. The summed E-state index contributed by atoms with van der Waals surface area (Å²) in [5, 5.41) is 10.8. The van der Waals surface area contributed by atoms with Crippen molar-refractivity contribution < 1.29 is 9.66 Å². The van der Waals surface area contributed by atoms with Crippen LogP contribution in [0.5, 0.6) is 11.5 Å². The van der Waals surface area contributed by atoms with Gasteiger partial charge in [0, 0.05) is 23.2 Å². The van der Waals surface area contributed by atoms with Gasteiger partial charge in [-0.15, -0.1) is 0 Å². The van der Waals surface area contributed by atoms with E-state index in [1.807, 2.05) is 6.07 Å². The summed E-state index contributed by atoms with van der Waals surface area (Å²) in [5.74, 6) is 0.912. The molecule has 5 nitrogen and oxygen atoms in total. The Hall–Kier alpha value is -1.63. The number of hydrogen-bond acceptors (Lipinski definition) is 4. The normalized spacial score (nSPS) is 10.3. The average Bonchev–Trinajstić information content (AvgIpc) is 2.41. The van der Waals surface area contributed by atoms with Crippen LogP contribution in [0.15, 0.2) is 40.9 Å². The Bertz CT molecular complexity index is 664. The number of nitro groups is 1. The number of benzene rings is 2. The number of rotatable bonds is 4. The number of non-ortho nitro benzene ring substituents is 1. The first-order valence-electron chi connectivity index (χ1n) is 5.61. The maximum Gasteiger partial charge on any atom is 0.271 e. The molecule has 20 heavy (non-hydrogen) atoms. The number of nitro benzene ring substituents is 1. The van der Waals surface area contributed by atoms with Gasteiger partial charge in [-0.3, -0.25) is 10.1 Å². The Morgan fingerprint density at radius 1 is 1.30 bits per heavy atom. The van der Waals surface area contributed by atoms with Gasteiger partial charge in [-0.2, -0.15) is 0 Å². The summed E-state index contributed by atoms with van der Waals surface area (Å²) in [5.41, 5.74) is 6.44. The summed E-state index contributed by atoms with van der Waals surface area (Å²) in [6.07, 6.45) is 0. The van der Waals surface area contributed by atoms with E-state index in [4.69, 9.17) is 22.1 Å². The first-order chi connectivity index (χ1) is 9.51. The minimum absolute atomic E-state index is 0.0815. The number of nitrogens with two attached hydrogens (primary N) is 1. The van der Waals surface area contributed by atoms with Crippen molar-refractivity contribution in [3.05, 3.63) is 61.6 Å². The van der Waals surface area contributed by atoms with Gasteiger partial charge in [0.2, 0.25) is 0 Å². The third-order valence-corrected chi connectivity index (χ3v) is 3.63. The number of hydrogen-bond donors (Lipinski definition) is 1. The van der Waals surface area contributed by atoms with Crippen LogP contribution >= 0.6 is 27.5 Å². The molecular formula is C13H10BrClN2O3. The van der Waals surface area contributed by atoms with Crippen LogP contribution in [0.25, 0.3) is 0 Å². The Balaban J connectivity index is 2.26. The van der Waals surface area contributed by atoms with E-state index in [-0.39, 0.29) is 10.7 Å². The highest BCUT2D eigenvalue weighted by molar-refractivity contribution is 9.10. The molecule has 2 rings (SSSR count). The molecule has 0 fully saturated rings. The molecule has 104 valence electrons. The molecule has 2 N–H and O–H groups in total. The van der Waals surface area contributed by atoms with Gasteiger partial charge in [0.25, 0.3) is 5.69 Å². The largest absolute Gasteiger partial charge is 0.456 e. The molecule has 0 saturated heterocycles. The fourth-order valence-corrected chi connectivity index (χ4v) is 2.30. The van der Waals surface area contributed by atoms with Gasteiger partial charge < -0.3 is 10.5 Å². The van der Waals surface area contributed by atoms with Gasteiger partial charge in [0.05, 0.1) is 9.95 Å². The van der Waals surface area contributed by atoms with Crippen molar-refractivity contribution in [1.29, 1.82) is 0 Å². The van der Waals surface area contributed by atoms with Gasteiger partial charge >= 0.3 is 0 Å². The van der Waals surface area contributed by atoms with E-state index in [0.717, 1.165) is 10.0 Å². The highest BCUT2D eigenvalue weighted by atomic mass is 79.9. The van der Waals surface area contributed by atoms with Crippen LogP contribution in [0.2, 0.25) is 5.02 Å². The van der Waals surface area contributed by atoms with Crippen molar-refractivity contribution in [3.63, 3.8) is 0 Å². The molecule has 0 heterocycles. The third kappa shape index (κ3) is 3.27. The second-order valence-corrected chi connectivity index (χ2v) is 5.19. The lowest BCUT2D eigenvalue weighted by atomic mass is 10.2. The molecule has 0 spiro atoms. The summed E-state index contributed by atoms with van der Waals surface area (Å²) in [7, 11) is 0. The van der Waals surface area contributed by atoms with E-state index in [1.165, 1.54) is 18.2 Å². The van der Waals surface area contributed by atoms with Crippen molar-refractivity contribution in [2.45, 2.75) is 6.54 Å². The molecule has 0 saturated carbocycles. The molecule has 2 aromatic carbocycles. The highest BCUT2D eigenvalue weighted by Gasteiger charge is 2.11. The Morgan fingerprint density at radius 3 is 2.60 bits per heavy atom. The quantitative estimate of drug-likeness (QED) is 0.655. The second kappa shape index (κ2) is 6.21. The van der Waals surface area contributed by atoms with Crippen LogP contribution in [-0.4, -0.2) is 4.92 Å². The summed E-state index contributed by atoms with van der Waals surface area (Å²) in [4.78, 5) is 10.1. The molecule has 0 aromatic heterocycles. The van der Waals surface area contributed by atoms with Gasteiger partial charge in [-0.1, -0.05) is 33.6 Å². The minimum Gasteiger partial charge on any atom is -0.456 e. The molecule has 0 aliphatic carbocycles. The van der Waals surface area contributed by atoms with E-state index < -0.39 is 4.92 Å². The standard InChI is InChI=1S/C13H10BrClN2O3/c14-11-6-10(3-1-8(11)7-16)20-13-4-2-9(17(18)19)5-12(13)15/h1-6H,7,16H2. The Labute approximate surface area is 128 Å². The smallest absolute Gasteiger partial charge is 0.271 e. The molecule has 7 heteroatoms. The molecule has 0 amide bonds. The number of halogens is 2. The molecule has 0 radical (unpaired) electrons. The van der Waals surface area contributed by atoms with Crippen LogP contribution in [0.3, 0.4) is 0 Å². The van der Waals surface area contributed by atoms with Gasteiger partial charge in [0.15, 0.2) is 0 Å². The van der Waals surface area contributed by atoms with Crippen molar-refractivity contribution in [2.75, 3.05) is 0 Å². The Kier molecular flexibility index (Phi) is 4.59. The first-order valence-corrected chi connectivity index (χ1v) is 6.78. The first kappa shape index (κ1) is 14.8. The highest BCUT2D eigenvalue weighted by Crippen LogP contribution is 2.33. The zero-order valence-corrected chi connectivity index (χ0v) is 12.5. The number of nitrogens with zero attached hydrogens (tertiary/aromatic N) is 1. The zero-order chi connectivity index (χ0) is 14.7. The maximum atomic E-state index is 10.6. The lowest BCUT2D eigenvalue weighted by Crippen LogP contribution is -1.97. The van der Waals surface area contributed by atoms with Crippen molar-refractivity contribution in [1.82, 2.24) is 0 Å². The SMILES string of the molecule is NCc1ccc(Oc2ccc([N+](=O)[O-])cc2Cl)cc1Br. The van der Waals surface area contributed by atoms with Crippen LogP contribution in [-0.2, 0) is 6.54 Å². The minimum atomic E-state index is -0.512. The average molecular weight is 358 g/mol. The summed E-state index contributed by atoms with van der Waals surface area (Å²) in [6.45, 7) is 0.416. The van der Waals surface area contributed by atoms with E-state index in [1.54, 1.807) is 12.1 Å². The molecule has 0 bridgehead atoms. The van der Waals surface area contributed by atoms with Crippen molar-refractivity contribution >= 4 is 33.2 Å². The monoisotopic (exact) mass is 356 g/mol. The van der Waals surface area contributed by atoms with Gasteiger partial charge in [-0.25, -0.2) is 0 Å². The fourth-order valence-electron chi connectivity index (χ4n) is 1.57. The summed E-state index contributed by atoms with van der Waals surface area (Å²) < 4.78 is 6.43. The fraction of sp³-hybridized carbons (Fsp3) is 0.0769. The molecule has 0 atom stereocenters. The van der Waals surface area contributed by atoms with E-state index in [9.17, 15) is 10.1 Å². The van der Waals surface area contributed by atoms with E-state index >= 15 is 0 Å². The molecule has 0 aliphatic heterocycles. The third-order valence-electron chi connectivity index (χ3n) is 2.60. The van der Waals surface area contributed by atoms with Crippen molar-refractivity contribution in [2.24, 2.45) is 5.73 Å². The lowest BCUT2D eigenvalue weighted by Gasteiger charge is -2.09. The number of ether oxygens (including phenoxy) is 1. The topological polar surface area (TPSA) is 78.4 Å². The van der Waals surface area contributed by atoms with Crippen molar-refractivity contribution in [3.8, 4) is 11.5 Å². The Morgan fingerprint density at radius 2 is 2.05 bits per heavy atom. The van der Waals surface area contributed by atoms with Crippen LogP contribution in [0.1, 0.15) is 5.56 Å². The molecule has 2 aromatic rings. The van der Waals surface area contributed by atoms with Gasteiger partial charge in [0.1, 0.15) is 11.5 Å². The zero-order valence-electron chi connectivity index (χ0n) is 10.2. The van der Waals surface area contributed by atoms with Crippen LogP contribution in [0.4, 0.5) is 5.69 Å². The molecular weight excluding hydrogens is 348 g/mol. The van der Waals surface area contributed by atoms with Crippen LogP contribution in [0, 0.1) is 10.1 Å². The summed E-state index contributed by atoms with van der Waals surface area (Å²) >= 11 is 9.35. The van der Waals surface area contributed by atoms with E-state index in [0.29, 0.717) is 18.0 Å². The van der Waals surface area contributed by atoms with E-state index in [2.05, 4.69) is 15.9 Å². The lowest BCUT2D eigenvalue weighted by molar-refractivity contribution is -0.384. The second-order valence-electron chi connectivity index (χ2n) is 3.93. The maximum absolute atomic E-state index is 10.6.